The lowest BCUT2D eigenvalue weighted by molar-refractivity contribution is -0.122. The van der Waals surface area contributed by atoms with Crippen LogP contribution in [0.25, 0.3) is 0 Å². The maximum absolute atomic E-state index is 12.6. The average molecular weight is 344 g/mol. The fraction of sp³-hybridized carbons (Fsp3) is 0.389. The molecule has 7 heteroatoms. The molecule has 0 saturated carbocycles. The van der Waals surface area contributed by atoms with Gasteiger partial charge in [0.1, 0.15) is 5.82 Å². The fourth-order valence-electron chi connectivity index (χ4n) is 2.57. The number of hydrogen-bond acceptors (Lipinski definition) is 5. The number of carbonyl (C=O) groups excluding carboxylic acids is 2. The molecule has 0 radical (unpaired) electrons. The SMILES string of the molecule is C=CC(C)CC(=O)NC1C=CCN(C(=O)c2cnc(N)c(CO)c2)C1. The third-order valence-electron chi connectivity index (χ3n) is 4.07. The van der Waals surface area contributed by atoms with Crippen LogP contribution in [-0.4, -0.2) is 45.9 Å². The van der Waals surface area contributed by atoms with Crippen LogP contribution in [0.3, 0.4) is 0 Å². The van der Waals surface area contributed by atoms with E-state index in [1.807, 2.05) is 19.1 Å². The third-order valence-corrected chi connectivity index (χ3v) is 4.07. The number of nitrogens with one attached hydrogen (secondary N) is 1. The molecule has 25 heavy (non-hydrogen) atoms. The van der Waals surface area contributed by atoms with E-state index in [1.165, 1.54) is 6.20 Å². The van der Waals surface area contributed by atoms with E-state index < -0.39 is 0 Å². The molecule has 1 aliphatic rings. The minimum atomic E-state index is -0.278. The van der Waals surface area contributed by atoms with Crippen LogP contribution in [0.4, 0.5) is 5.82 Å². The number of aliphatic hydroxyl groups excluding tert-OH is 1. The monoisotopic (exact) mass is 344 g/mol. The number of hydrogen-bond donors (Lipinski definition) is 3. The first kappa shape index (κ1) is 18.7. The molecule has 134 valence electrons. The molecule has 0 aromatic carbocycles. The Morgan fingerprint density at radius 2 is 2.36 bits per heavy atom. The van der Waals surface area contributed by atoms with E-state index in [9.17, 15) is 14.7 Å². The van der Waals surface area contributed by atoms with E-state index in [-0.39, 0.29) is 36.2 Å². The van der Waals surface area contributed by atoms with E-state index in [2.05, 4.69) is 16.9 Å². The topological polar surface area (TPSA) is 109 Å². The van der Waals surface area contributed by atoms with Crippen LogP contribution in [0.15, 0.2) is 37.1 Å². The van der Waals surface area contributed by atoms with E-state index >= 15 is 0 Å². The van der Waals surface area contributed by atoms with Crippen molar-refractivity contribution in [3.63, 3.8) is 0 Å². The van der Waals surface area contributed by atoms with Crippen LogP contribution in [0, 0.1) is 5.92 Å². The molecular weight excluding hydrogens is 320 g/mol. The Morgan fingerprint density at radius 1 is 1.60 bits per heavy atom. The largest absolute Gasteiger partial charge is 0.392 e. The molecule has 1 aliphatic heterocycles. The van der Waals surface area contributed by atoms with Crippen LogP contribution in [0.1, 0.15) is 29.3 Å². The second-order valence-electron chi connectivity index (χ2n) is 6.16. The predicted molar refractivity (Wildman–Crippen MR) is 95.5 cm³/mol. The second-order valence-corrected chi connectivity index (χ2v) is 6.16. The maximum atomic E-state index is 12.6. The molecular formula is C18H24N4O3. The number of nitrogens with two attached hydrogens (primary N) is 1. The quantitative estimate of drug-likeness (QED) is 0.664. The van der Waals surface area contributed by atoms with Crippen LogP contribution >= 0.6 is 0 Å². The summed E-state index contributed by atoms with van der Waals surface area (Å²) in [5.74, 6) is 0.0143. The zero-order valence-electron chi connectivity index (χ0n) is 14.3. The number of aliphatic hydroxyl groups is 1. The molecule has 2 unspecified atom stereocenters. The normalized spacial score (nSPS) is 17.8. The summed E-state index contributed by atoms with van der Waals surface area (Å²) >= 11 is 0. The van der Waals surface area contributed by atoms with Gasteiger partial charge in [-0.15, -0.1) is 6.58 Å². The van der Waals surface area contributed by atoms with E-state index in [4.69, 9.17) is 5.73 Å². The van der Waals surface area contributed by atoms with Crippen molar-refractivity contribution in [3.05, 3.63) is 48.2 Å². The van der Waals surface area contributed by atoms with Crippen LogP contribution < -0.4 is 11.1 Å². The molecule has 1 aromatic heterocycles. The summed E-state index contributed by atoms with van der Waals surface area (Å²) in [6.07, 6.45) is 7.23. The minimum Gasteiger partial charge on any atom is -0.392 e. The Kier molecular flexibility index (Phi) is 6.30. The van der Waals surface area contributed by atoms with Crippen molar-refractivity contribution < 1.29 is 14.7 Å². The van der Waals surface area contributed by atoms with Crippen LogP contribution in [-0.2, 0) is 11.4 Å². The van der Waals surface area contributed by atoms with Crippen LogP contribution in [0.5, 0.6) is 0 Å². The summed E-state index contributed by atoms with van der Waals surface area (Å²) in [5.41, 5.74) is 6.42. The average Bonchev–Trinajstić information content (AvgIpc) is 2.61. The zero-order valence-corrected chi connectivity index (χ0v) is 14.3. The van der Waals surface area contributed by atoms with Gasteiger partial charge < -0.3 is 21.1 Å². The number of nitrogens with zero attached hydrogens (tertiary/aromatic N) is 2. The van der Waals surface area contributed by atoms with Gasteiger partial charge in [-0.2, -0.15) is 0 Å². The first-order chi connectivity index (χ1) is 11.9. The Labute approximate surface area is 147 Å². The van der Waals surface area contributed by atoms with Crippen molar-refractivity contribution in [2.45, 2.75) is 26.0 Å². The Balaban J connectivity index is 2.01. The van der Waals surface area contributed by atoms with Gasteiger partial charge in [-0.1, -0.05) is 25.2 Å². The summed E-state index contributed by atoms with van der Waals surface area (Å²) in [4.78, 5) is 30.2. The molecule has 1 aromatic rings. The van der Waals surface area contributed by atoms with Crippen molar-refractivity contribution in [1.82, 2.24) is 15.2 Å². The third kappa shape index (κ3) is 4.90. The molecule has 2 heterocycles. The summed E-state index contributed by atoms with van der Waals surface area (Å²) in [5, 5.41) is 12.2. The maximum Gasteiger partial charge on any atom is 0.255 e. The summed E-state index contributed by atoms with van der Waals surface area (Å²) in [6, 6.07) is 1.31. The number of anilines is 1. The Morgan fingerprint density at radius 3 is 3.04 bits per heavy atom. The number of amides is 2. The highest BCUT2D eigenvalue weighted by atomic mass is 16.3. The first-order valence-electron chi connectivity index (χ1n) is 8.17. The van der Waals surface area contributed by atoms with Crippen molar-refractivity contribution in [3.8, 4) is 0 Å². The molecule has 0 aliphatic carbocycles. The van der Waals surface area contributed by atoms with Crippen LogP contribution in [0.2, 0.25) is 0 Å². The summed E-state index contributed by atoms with van der Waals surface area (Å²) < 4.78 is 0. The summed E-state index contributed by atoms with van der Waals surface area (Å²) in [7, 11) is 0. The first-order valence-corrected chi connectivity index (χ1v) is 8.17. The van der Waals surface area contributed by atoms with Gasteiger partial charge in [-0.25, -0.2) is 4.98 Å². The number of nitrogen functional groups attached to an aromatic ring is 1. The van der Waals surface area contributed by atoms with E-state index in [0.717, 1.165) is 0 Å². The van der Waals surface area contributed by atoms with E-state index in [0.29, 0.717) is 30.6 Å². The standard InChI is InChI=1S/C18H24N4O3/c1-3-12(2)7-16(24)21-15-5-4-6-22(10-15)18(25)13-8-14(11-23)17(19)20-9-13/h3-5,8-9,12,15,23H,1,6-7,10-11H2,2H3,(H2,19,20)(H,21,24). The van der Waals surface area contributed by atoms with Gasteiger partial charge in [-0.3, -0.25) is 9.59 Å². The van der Waals surface area contributed by atoms with Crippen molar-refractivity contribution in [2.24, 2.45) is 5.92 Å². The molecule has 4 N–H and O–H groups in total. The Bertz CT molecular complexity index is 687. The minimum absolute atomic E-state index is 0.0759. The number of carbonyl (C=O) groups is 2. The Hall–Kier alpha value is -2.67. The highest BCUT2D eigenvalue weighted by Crippen LogP contribution is 2.14. The molecule has 0 spiro atoms. The van der Waals surface area contributed by atoms with Gasteiger partial charge in [0.05, 0.1) is 18.2 Å². The molecule has 0 saturated heterocycles. The van der Waals surface area contributed by atoms with Gasteiger partial charge >= 0.3 is 0 Å². The zero-order chi connectivity index (χ0) is 18.4. The molecule has 2 amide bonds. The number of rotatable bonds is 6. The van der Waals surface area contributed by atoms with Gasteiger partial charge in [0.2, 0.25) is 5.91 Å². The molecule has 0 bridgehead atoms. The van der Waals surface area contributed by atoms with Gasteiger partial charge in [-0.05, 0) is 12.0 Å². The lowest BCUT2D eigenvalue weighted by atomic mass is 10.1. The number of allylic oxidation sites excluding steroid dienone is 1. The highest BCUT2D eigenvalue weighted by molar-refractivity contribution is 5.94. The lowest BCUT2D eigenvalue weighted by Gasteiger charge is -2.29. The van der Waals surface area contributed by atoms with Crippen molar-refractivity contribution >= 4 is 17.6 Å². The van der Waals surface area contributed by atoms with Gasteiger partial charge in [0.25, 0.3) is 5.91 Å². The second kappa shape index (κ2) is 8.43. The fourth-order valence-corrected chi connectivity index (χ4v) is 2.57. The van der Waals surface area contributed by atoms with E-state index in [1.54, 1.807) is 17.0 Å². The smallest absolute Gasteiger partial charge is 0.255 e. The van der Waals surface area contributed by atoms with Gasteiger partial charge in [0, 0.05) is 31.3 Å². The molecule has 7 nitrogen and oxygen atoms in total. The number of pyridine rings is 1. The van der Waals surface area contributed by atoms with Gasteiger partial charge in [0.15, 0.2) is 0 Å². The molecule has 2 atom stereocenters. The molecule has 2 rings (SSSR count). The van der Waals surface area contributed by atoms with Crippen molar-refractivity contribution in [1.29, 1.82) is 0 Å². The molecule has 0 fully saturated rings. The number of aromatic nitrogens is 1. The lowest BCUT2D eigenvalue weighted by Crippen LogP contribution is -2.47. The highest BCUT2D eigenvalue weighted by Gasteiger charge is 2.23. The van der Waals surface area contributed by atoms with Crippen molar-refractivity contribution in [2.75, 3.05) is 18.8 Å². The summed E-state index contributed by atoms with van der Waals surface area (Å²) in [6.45, 7) is 6.14. The predicted octanol–water partition coefficient (Wildman–Crippen LogP) is 0.865.